The first kappa shape index (κ1) is 20.9. The van der Waals surface area contributed by atoms with Gasteiger partial charge in [-0.15, -0.1) is 0 Å². The van der Waals surface area contributed by atoms with Crippen LogP contribution in [0.2, 0.25) is 0 Å². The summed E-state index contributed by atoms with van der Waals surface area (Å²) in [7, 11) is 0. The van der Waals surface area contributed by atoms with Crippen molar-refractivity contribution in [3.8, 4) is 17.1 Å². The summed E-state index contributed by atoms with van der Waals surface area (Å²) < 4.78 is 10.7. The monoisotopic (exact) mass is 420 g/mol. The molecule has 0 bridgehead atoms. The van der Waals surface area contributed by atoms with Crippen LogP contribution in [0.3, 0.4) is 0 Å². The van der Waals surface area contributed by atoms with Crippen LogP contribution < -0.4 is 15.0 Å². The molecule has 2 heterocycles. The van der Waals surface area contributed by atoms with Crippen LogP contribution in [0, 0.1) is 5.92 Å². The predicted molar refractivity (Wildman–Crippen MR) is 120 cm³/mol. The van der Waals surface area contributed by atoms with Gasteiger partial charge in [0, 0.05) is 42.9 Å². The van der Waals surface area contributed by atoms with E-state index in [0.717, 1.165) is 36.0 Å². The van der Waals surface area contributed by atoms with Crippen LogP contribution in [0.15, 0.2) is 53.1 Å². The molecule has 162 valence electrons. The molecule has 1 N–H and O–H groups in total. The Hall–Kier alpha value is -3.35. The normalized spacial score (nSPS) is 15.8. The van der Waals surface area contributed by atoms with Gasteiger partial charge >= 0.3 is 0 Å². The molecule has 1 fully saturated rings. The Morgan fingerprint density at radius 2 is 1.97 bits per heavy atom. The molecule has 1 unspecified atom stereocenters. The second kappa shape index (κ2) is 9.64. The van der Waals surface area contributed by atoms with Gasteiger partial charge in [0.15, 0.2) is 0 Å². The van der Waals surface area contributed by atoms with Gasteiger partial charge in [0.05, 0.1) is 6.61 Å². The second-order valence-corrected chi connectivity index (χ2v) is 7.90. The van der Waals surface area contributed by atoms with Crippen LogP contribution in [0.25, 0.3) is 11.4 Å². The fourth-order valence-electron chi connectivity index (χ4n) is 3.71. The molecular weight excluding hydrogens is 392 g/mol. The van der Waals surface area contributed by atoms with Gasteiger partial charge in [-0.1, -0.05) is 12.1 Å². The van der Waals surface area contributed by atoms with E-state index in [1.165, 1.54) is 12.1 Å². The maximum atomic E-state index is 12.3. The van der Waals surface area contributed by atoms with Gasteiger partial charge in [0.25, 0.3) is 0 Å². The summed E-state index contributed by atoms with van der Waals surface area (Å²) in [5.74, 6) is 2.40. The van der Waals surface area contributed by atoms with Gasteiger partial charge in [0.2, 0.25) is 17.6 Å². The zero-order valence-electron chi connectivity index (χ0n) is 18.0. The SMILES string of the molecule is CCOc1ccc(-c2noc(CCC(=O)Nc3ccc(N4CCC(C)C4)cc3)n2)cc1. The highest BCUT2D eigenvalue weighted by molar-refractivity contribution is 5.91. The molecule has 0 spiro atoms. The first-order chi connectivity index (χ1) is 15.1. The summed E-state index contributed by atoms with van der Waals surface area (Å²) in [6.45, 7) is 7.03. The minimum absolute atomic E-state index is 0.0802. The molecule has 1 atom stereocenters. The molecule has 4 rings (SSSR count). The van der Waals surface area contributed by atoms with Crippen LogP contribution >= 0.6 is 0 Å². The highest BCUT2D eigenvalue weighted by Crippen LogP contribution is 2.25. The van der Waals surface area contributed by atoms with Crippen molar-refractivity contribution in [2.45, 2.75) is 33.1 Å². The van der Waals surface area contributed by atoms with Gasteiger partial charge in [-0.3, -0.25) is 4.79 Å². The molecule has 1 amide bonds. The molecular formula is C24H28N4O3. The molecule has 1 aliphatic rings. The number of nitrogens with zero attached hydrogens (tertiary/aromatic N) is 3. The maximum Gasteiger partial charge on any atom is 0.227 e. The molecule has 7 nitrogen and oxygen atoms in total. The van der Waals surface area contributed by atoms with E-state index >= 15 is 0 Å². The lowest BCUT2D eigenvalue weighted by Gasteiger charge is -2.18. The number of aryl methyl sites for hydroxylation is 1. The molecule has 1 saturated heterocycles. The maximum absolute atomic E-state index is 12.3. The van der Waals surface area contributed by atoms with E-state index in [1.807, 2.05) is 43.3 Å². The van der Waals surface area contributed by atoms with Gasteiger partial charge in [-0.05, 0) is 67.8 Å². The number of hydrogen-bond acceptors (Lipinski definition) is 6. The smallest absolute Gasteiger partial charge is 0.227 e. The number of hydrogen-bond donors (Lipinski definition) is 1. The fraction of sp³-hybridized carbons (Fsp3) is 0.375. The molecule has 0 radical (unpaired) electrons. The van der Waals surface area contributed by atoms with Crippen molar-refractivity contribution in [1.29, 1.82) is 0 Å². The van der Waals surface area contributed by atoms with E-state index in [1.54, 1.807) is 0 Å². The van der Waals surface area contributed by atoms with Crippen molar-refractivity contribution in [3.63, 3.8) is 0 Å². The Morgan fingerprint density at radius 1 is 1.19 bits per heavy atom. The minimum Gasteiger partial charge on any atom is -0.494 e. The van der Waals surface area contributed by atoms with Crippen molar-refractivity contribution in [1.82, 2.24) is 10.1 Å². The number of aromatic nitrogens is 2. The fourth-order valence-corrected chi connectivity index (χ4v) is 3.71. The summed E-state index contributed by atoms with van der Waals surface area (Å²) in [4.78, 5) is 19.1. The standard InChI is InChI=1S/C24H28N4O3/c1-3-30-21-10-4-18(5-11-21)24-26-23(31-27-24)13-12-22(29)25-19-6-8-20(9-7-19)28-15-14-17(2)16-28/h4-11,17H,3,12-16H2,1-2H3,(H,25,29). The number of benzene rings is 2. The molecule has 1 aliphatic heterocycles. The Morgan fingerprint density at radius 3 is 2.65 bits per heavy atom. The van der Waals surface area contributed by atoms with Gasteiger partial charge in [-0.25, -0.2) is 0 Å². The van der Waals surface area contributed by atoms with Crippen molar-refractivity contribution >= 4 is 17.3 Å². The topological polar surface area (TPSA) is 80.5 Å². The minimum atomic E-state index is -0.0802. The number of rotatable bonds is 8. The lowest BCUT2D eigenvalue weighted by molar-refractivity contribution is -0.116. The third kappa shape index (κ3) is 5.42. The number of ether oxygens (including phenoxy) is 1. The van der Waals surface area contributed by atoms with E-state index in [0.29, 0.717) is 24.7 Å². The summed E-state index contributed by atoms with van der Waals surface area (Å²) in [6, 6.07) is 15.6. The second-order valence-electron chi connectivity index (χ2n) is 7.90. The van der Waals surface area contributed by atoms with Crippen LogP contribution in [0.1, 0.15) is 32.6 Å². The highest BCUT2D eigenvalue weighted by atomic mass is 16.5. The van der Waals surface area contributed by atoms with Gasteiger partial charge in [-0.2, -0.15) is 4.98 Å². The molecule has 0 saturated carbocycles. The summed E-state index contributed by atoms with van der Waals surface area (Å²) in [6.07, 6.45) is 1.89. The number of amides is 1. The van der Waals surface area contributed by atoms with Crippen LogP contribution in [0.5, 0.6) is 5.75 Å². The highest BCUT2D eigenvalue weighted by Gasteiger charge is 2.18. The Kier molecular flexibility index (Phi) is 6.50. The Bertz CT molecular complexity index is 998. The van der Waals surface area contributed by atoms with Gasteiger partial charge < -0.3 is 19.5 Å². The quantitative estimate of drug-likeness (QED) is 0.576. The zero-order valence-corrected chi connectivity index (χ0v) is 18.0. The third-order valence-corrected chi connectivity index (χ3v) is 5.40. The van der Waals surface area contributed by atoms with Crippen molar-refractivity contribution in [2.75, 3.05) is 29.9 Å². The summed E-state index contributed by atoms with van der Waals surface area (Å²) in [5, 5.41) is 6.95. The zero-order chi connectivity index (χ0) is 21.6. The van der Waals surface area contributed by atoms with Crippen molar-refractivity contribution in [3.05, 3.63) is 54.4 Å². The molecule has 0 aliphatic carbocycles. The van der Waals surface area contributed by atoms with Crippen LogP contribution in [-0.2, 0) is 11.2 Å². The summed E-state index contributed by atoms with van der Waals surface area (Å²) in [5.41, 5.74) is 2.84. The van der Waals surface area contributed by atoms with E-state index < -0.39 is 0 Å². The van der Waals surface area contributed by atoms with E-state index in [-0.39, 0.29) is 12.3 Å². The average molecular weight is 421 g/mol. The Balaban J connectivity index is 1.27. The largest absolute Gasteiger partial charge is 0.494 e. The lowest BCUT2D eigenvalue weighted by Crippen LogP contribution is -2.19. The predicted octanol–water partition coefficient (Wildman–Crippen LogP) is 4.55. The summed E-state index contributed by atoms with van der Waals surface area (Å²) >= 11 is 0. The van der Waals surface area contributed by atoms with E-state index in [2.05, 4.69) is 39.4 Å². The number of carbonyl (C=O) groups excluding carboxylic acids is 1. The first-order valence-electron chi connectivity index (χ1n) is 10.8. The van der Waals surface area contributed by atoms with Gasteiger partial charge in [0.1, 0.15) is 5.75 Å². The van der Waals surface area contributed by atoms with E-state index in [4.69, 9.17) is 9.26 Å². The molecule has 3 aromatic rings. The Labute approximate surface area is 182 Å². The first-order valence-corrected chi connectivity index (χ1v) is 10.8. The number of anilines is 2. The van der Waals surface area contributed by atoms with Crippen molar-refractivity contribution in [2.24, 2.45) is 5.92 Å². The van der Waals surface area contributed by atoms with Crippen LogP contribution in [0.4, 0.5) is 11.4 Å². The molecule has 1 aromatic heterocycles. The lowest BCUT2D eigenvalue weighted by atomic mass is 10.2. The average Bonchev–Trinajstić information content (AvgIpc) is 3.43. The van der Waals surface area contributed by atoms with Crippen molar-refractivity contribution < 1.29 is 14.1 Å². The molecule has 31 heavy (non-hydrogen) atoms. The number of carbonyl (C=O) groups is 1. The molecule has 2 aromatic carbocycles. The molecule has 7 heteroatoms. The third-order valence-electron chi connectivity index (χ3n) is 5.40. The van der Waals surface area contributed by atoms with E-state index in [9.17, 15) is 4.79 Å². The van der Waals surface area contributed by atoms with Crippen LogP contribution in [-0.4, -0.2) is 35.7 Å². The number of nitrogens with one attached hydrogen (secondary N) is 1.